The van der Waals surface area contributed by atoms with Crippen LogP contribution in [-0.4, -0.2) is 55.6 Å². The summed E-state index contributed by atoms with van der Waals surface area (Å²) in [5.74, 6) is 0. The van der Waals surface area contributed by atoms with Gasteiger partial charge in [0.25, 0.3) is 0 Å². The number of aliphatic hydroxyl groups excluding tert-OH is 1. The number of likely N-dealkylation sites (N-methyl/N-ethyl adjacent to an activating group) is 1. The Balaban J connectivity index is 1.66. The summed E-state index contributed by atoms with van der Waals surface area (Å²) in [4.78, 5) is 2.20. The zero-order valence-corrected chi connectivity index (χ0v) is 12.0. The maximum atomic E-state index is 10.4. The van der Waals surface area contributed by atoms with Crippen LogP contribution in [0.4, 0.5) is 0 Å². The largest absolute Gasteiger partial charge is 0.390 e. The SMILES string of the molecule is CN1CCOC(C(O)CC2OCCc3ccccc32)C1. The summed E-state index contributed by atoms with van der Waals surface area (Å²) in [6, 6.07) is 8.37. The Kier molecular flexibility index (Phi) is 4.36. The van der Waals surface area contributed by atoms with Gasteiger partial charge in [-0.05, 0) is 24.6 Å². The molecule has 3 unspecified atom stereocenters. The van der Waals surface area contributed by atoms with E-state index in [2.05, 4.69) is 30.1 Å². The fourth-order valence-electron chi connectivity index (χ4n) is 3.09. The van der Waals surface area contributed by atoms with E-state index < -0.39 is 6.10 Å². The number of hydrogen-bond acceptors (Lipinski definition) is 4. The lowest BCUT2D eigenvalue weighted by Gasteiger charge is -2.35. The van der Waals surface area contributed by atoms with Gasteiger partial charge in [-0.2, -0.15) is 0 Å². The highest BCUT2D eigenvalue weighted by molar-refractivity contribution is 5.31. The summed E-state index contributed by atoms with van der Waals surface area (Å²) in [7, 11) is 2.06. The molecule has 1 aromatic carbocycles. The molecule has 2 heterocycles. The van der Waals surface area contributed by atoms with Gasteiger partial charge in [0.2, 0.25) is 0 Å². The zero-order chi connectivity index (χ0) is 13.9. The van der Waals surface area contributed by atoms with Crippen LogP contribution in [0.5, 0.6) is 0 Å². The van der Waals surface area contributed by atoms with Crippen molar-refractivity contribution in [3.8, 4) is 0 Å². The second-order valence-electron chi connectivity index (χ2n) is 5.78. The van der Waals surface area contributed by atoms with E-state index in [1.165, 1.54) is 11.1 Å². The molecule has 2 aliphatic heterocycles. The van der Waals surface area contributed by atoms with Gasteiger partial charge in [-0.1, -0.05) is 24.3 Å². The maximum Gasteiger partial charge on any atom is 0.0962 e. The van der Waals surface area contributed by atoms with Gasteiger partial charge in [-0.3, -0.25) is 0 Å². The van der Waals surface area contributed by atoms with Crippen molar-refractivity contribution < 1.29 is 14.6 Å². The second kappa shape index (κ2) is 6.22. The van der Waals surface area contributed by atoms with Crippen molar-refractivity contribution in [2.75, 3.05) is 33.4 Å². The standard InChI is InChI=1S/C16H23NO3/c1-17-7-9-20-16(11-17)14(18)10-15-13-5-3-2-4-12(13)6-8-19-15/h2-5,14-16,18H,6-11H2,1H3. The first-order valence-electron chi connectivity index (χ1n) is 7.41. The molecule has 4 nitrogen and oxygen atoms in total. The van der Waals surface area contributed by atoms with Gasteiger partial charge in [0.1, 0.15) is 0 Å². The maximum absolute atomic E-state index is 10.4. The van der Waals surface area contributed by atoms with E-state index in [9.17, 15) is 5.11 Å². The minimum absolute atomic E-state index is 0.00853. The lowest BCUT2D eigenvalue weighted by molar-refractivity contribution is -0.101. The first kappa shape index (κ1) is 14.0. The van der Waals surface area contributed by atoms with Gasteiger partial charge >= 0.3 is 0 Å². The molecule has 1 aromatic rings. The van der Waals surface area contributed by atoms with E-state index in [0.29, 0.717) is 13.0 Å². The zero-order valence-electron chi connectivity index (χ0n) is 12.0. The number of ether oxygens (including phenoxy) is 2. The molecule has 1 fully saturated rings. The van der Waals surface area contributed by atoms with Crippen LogP contribution < -0.4 is 0 Å². The molecule has 0 aromatic heterocycles. The molecule has 0 bridgehead atoms. The predicted octanol–water partition coefficient (Wildman–Crippen LogP) is 1.38. The number of nitrogens with zero attached hydrogens (tertiary/aromatic N) is 1. The predicted molar refractivity (Wildman–Crippen MR) is 76.7 cm³/mol. The molecule has 4 heteroatoms. The van der Waals surface area contributed by atoms with E-state index in [-0.39, 0.29) is 12.2 Å². The van der Waals surface area contributed by atoms with Crippen LogP contribution in [-0.2, 0) is 15.9 Å². The summed E-state index contributed by atoms with van der Waals surface area (Å²) >= 11 is 0. The third-order valence-electron chi connectivity index (χ3n) is 4.27. The van der Waals surface area contributed by atoms with E-state index in [1.54, 1.807) is 0 Å². The van der Waals surface area contributed by atoms with Gasteiger partial charge in [0.15, 0.2) is 0 Å². The van der Waals surface area contributed by atoms with Crippen LogP contribution in [0, 0.1) is 0 Å². The fraction of sp³-hybridized carbons (Fsp3) is 0.625. The number of fused-ring (bicyclic) bond motifs is 1. The number of aliphatic hydroxyl groups is 1. The highest BCUT2D eigenvalue weighted by atomic mass is 16.5. The Morgan fingerprint density at radius 3 is 3.00 bits per heavy atom. The number of hydrogen-bond donors (Lipinski definition) is 1. The van der Waals surface area contributed by atoms with Crippen molar-refractivity contribution in [2.45, 2.75) is 31.2 Å². The molecule has 3 atom stereocenters. The van der Waals surface area contributed by atoms with E-state index >= 15 is 0 Å². The molecular formula is C16H23NO3. The van der Waals surface area contributed by atoms with Crippen molar-refractivity contribution in [3.63, 3.8) is 0 Å². The van der Waals surface area contributed by atoms with Crippen LogP contribution in [0.25, 0.3) is 0 Å². The van der Waals surface area contributed by atoms with Crippen molar-refractivity contribution in [3.05, 3.63) is 35.4 Å². The molecule has 0 amide bonds. The lowest BCUT2D eigenvalue weighted by Crippen LogP contribution is -2.46. The molecule has 0 aliphatic carbocycles. The molecule has 3 rings (SSSR count). The molecule has 1 saturated heterocycles. The Morgan fingerprint density at radius 2 is 2.15 bits per heavy atom. The summed E-state index contributed by atoms with van der Waals surface area (Å²) in [6.07, 6.45) is 0.979. The summed E-state index contributed by atoms with van der Waals surface area (Å²) in [5.41, 5.74) is 2.57. The third kappa shape index (κ3) is 3.04. The van der Waals surface area contributed by atoms with Crippen LogP contribution in [0.2, 0.25) is 0 Å². The van der Waals surface area contributed by atoms with Crippen LogP contribution >= 0.6 is 0 Å². The Morgan fingerprint density at radius 1 is 1.30 bits per heavy atom. The van der Waals surface area contributed by atoms with E-state index in [1.807, 2.05) is 6.07 Å². The van der Waals surface area contributed by atoms with Crippen molar-refractivity contribution in [2.24, 2.45) is 0 Å². The van der Waals surface area contributed by atoms with Crippen LogP contribution in [0.1, 0.15) is 23.7 Å². The fourth-order valence-corrected chi connectivity index (χ4v) is 3.09. The third-order valence-corrected chi connectivity index (χ3v) is 4.27. The molecule has 2 aliphatic rings. The van der Waals surface area contributed by atoms with Crippen molar-refractivity contribution in [1.82, 2.24) is 4.90 Å². The smallest absolute Gasteiger partial charge is 0.0962 e. The number of morpholine rings is 1. The minimum Gasteiger partial charge on any atom is -0.390 e. The monoisotopic (exact) mass is 277 g/mol. The molecule has 1 N–H and O–H groups in total. The highest BCUT2D eigenvalue weighted by Gasteiger charge is 2.30. The quantitative estimate of drug-likeness (QED) is 0.906. The summed E-state index contributed by atoms with van der Waals surface area (Å²) in [6.45, 7) is 3.15. The lowest BCUT2D eigenvalue weighted by atomic mass is 9.93. The van der Waals surface area contributed by atoms with Gasteiger partial charge in [0, 0.05) is 19.5 Å². The molecule has 0 saturated carbocycles. The first-order valence-corrected chi connectivity index (χ1v) is 7.41. The van der Waals surface area contributed by atoms with Crippen molar-refractivity contribution in [1.29, 1.82) is 0 Å². The summed E-state index contributed by atoms with van der Waals surface area (Å²) in [5, 5.41) is 10.4. The first-order chi connectivity index (χ1) is 9.74. The van der Waals surface area contributed by atoms with Gasteiger partial charge in [-0.25, -0.2) is 0 Å². The van der Waals surface area contributed by atoms with Crippen molar-refractivity contribution >= 4 is 0 Å². The molecule has 20 heavy (non-hydrogen) atoms. The average Bonchev–Trinajstić information content (AvgIpc) is 2.47. The molecule has 0 radical (unpaired) electrons. The topological polar surface area (TPSA) is 41.9 Å². The Labute approximate surface area is 120 Å². The highest BCUT2D eigenvalue weighted by Crippen LogP contribution is 2.31. The Hall–Kier alpha value is -0.940. The van der Waals surface area contributed by atoms with E-state index in [4.69, 9.17) is 9.47 Å². The minimum atomic E-state index is -0.478. The van der Waals surface area contributed by atoms with Gasteiger partial charge < -0.3 is 19.5 Å². The number of rotatable bonds is 3. The van der Waals surface area contributed by atoms with Gasteiger partial charge in [-0.15, -0.1) is 0 Å². The van der Waals surface area contributed by atoms with E-state index in [0.717, 1.165) is 26.1 Å². The number of benzene rings is 1. The Bertz CT molecular complexity index is 451. The molecule has 0 spiro atoms. The van der Waals surface area contributed by atoms with Gasteiger partial charge in [0.05, 0.1) is 31.5 Å². The van der Waals surface area contributed by atoms with Crippen LogP contribution in [0.3, 0.4) is 0 Å². The normalized spacial score (nSPS) is 28.9. The average molecular weight is 277 g/mol. The second-order valence-corrected chi connectivity index (χ2v) is 5.78. The summed E-state index contributed by atoms with van der Waals surface area (Å²) < 4.78 is 11.6. The molecular weight excluding hydrogens is 254 g/mol. The van der Waals surface area contributed by atoms with Crippen LogP contribution in [0.15, 0.2) is 24.3 Å². The molecule has 110 valence electrons.